The van der Waals surface area contributed by atoms with Gasteiger partial charge in [0, 0.05) is 24.3 Å². The van der Waals surface area contributed by atoms with Crippen LogP contribution >= 0.6 is 0 Å². The molecule has 2 N–H and O–H groups in total. The lowest BCUT2D eigenvalue weighted by Crippen LogP contribution is -2.50. The fraction of sp³-hybridized carbons (Fsp3) is 0.474. The number of nitrogens with one attached hydrogen (secondary N) is 2. The second kappa shape index (κ2) is 7.99. The Morgan fingerprint density at radius 1 is 1.27 bits per heavy atom. The number of carbonyl (C=O) groups is 1. The van der Waals surface area contributed by atoms with Gasteiger partial charge < -0.3 is 19.5 Å². The van der Waals surface area contributed by atoms with Crippen molar-refractivity contribution in [2.24, 2.45) is 0 Å². The van der Waals surface area contributed by atoms with Crippen molar-refractivity contribution in [2.45, 2.75) is 38.2 Å². The van der Waals surface area contributed by atoms with Gasteiger partial charge in [-0.3, -0.25) is 9.89 Å². The Labute approximate surface area is 152 Å². The van der Waals surface area contributed by atoms with E-state index in [1.807, 2.05) is 30.3 Å². The van der Waals surface area contributed by atoms with Crippen LogP contribution < -0.4 is 5.32 Å². The first-order chi connectivity index (χ1) is 12.8. The highest BCUT2D eigenvalue weighted by molar-refractivity contribution is 5.94. The van der Waals surface area contributed by atoms with Crippen molar-refractivity contribution >= 4 is 5.91 Å². The average Bonchev–Trinajstić information content (AvgIpc) is 3.12. The molecule has 7 nitrogen and oxygen atoms in total. The van der Waals surface area contributed by atoms with Gasteiger partial charge in [0.1, 0.15) is 0 Å². The third kappa shape index (κ3) is 3.80. The number of nitrogens with zero attached hydrogens (tertiary/aromatic N) is 1. The van der Waals surface area contributed by atoms with Gasteiger partial charge in [-0.25, -0.2) is 0 Å². The summed E-state index contributed by atoms with van der Waals surface area (Å²) in [5.41, 5.74) is 3.36. The van der Waals surface area contributed by atoms with Crippen LogP contribution in [-0.2, 0) is 33.8 Å². The molecule has 2 aromatic rings. The Hall–Kier alpha value is -2.22. The molecule has 2 atom stereocenters. The largest absolute Gasteiger partial charge is 0.379 e. The van der Waals surface area contributed by atoms with E-state index in [1.54, 1.807) is 0 Å². The summed E-state index contributed by atoms with van der Waals surface area (Å²) in [7, 11) is 0. The normalized spacial score (nSPS) is 22.6. The van der Waals surface area contributed by atoms with Crippen molar-refractivity contribution in [1.82, 2.24) is 15.5 Å². The van der Waals surface area contributed by atoms with E-state index in [1.165, 1.54) is 0 Å². The van der Waals surface area contributed by atoms with Crippen LogP contribution in [0.4, 0.5) is 0 Å². The summed E-state index contributed by atoms with van der Waals surface area (Å²) in [5.74, 6) is -0.211. The van der Waals surface area contributed by atoms with E-state index in [2.05, 4.69) is 15.5 Å². The molecule has 138 valence electrons. The maximum Gasteiger partial charge on any atom is 0.272 e. The number of amides is 1. The van der Waals surface area contributed by atoms with Crippen molar-refractivity contribution in [3.05, 3.63) is 52.8 Å². The van der Waals surface area contributed by atoms with Gasteiger partial charge in [-0.15, -0.1) is 0 Å². The molecule has 1 saturated heterocycles. The van der Waals surface area contributed by atoms with E-state index in [0.717, 1.165) is 29.7 Å². The molecule has 0 bridgehead atoms. The standard InChI is InChI=1S/C19H23N3O4/c23-19(18-14-11-24-8-6-15(14)21-22-18)20-16-12-25-9-7-17(16)26-10-13-4-2-1-3-5-13/h1-5,16-17H,6-12H2,(H,20,23)(H,21,22)/t16-,17+/m1/s1. The second-order valence-corrected chi connectivity index (χ2v) is 6.61. The zero-order valence-electron chi connectivity index (χ0n) is 14.6. The third-order valence-corrected chi connectivity index (χ3v) is 4.83. The van der Waals surface area contributed by atoms with E-state index in [4.69, 9.17) is 14.2 Å². The summed E-state index contributed by atoms with van der Waals surface area (Å²) in [6.07, 6.45) is 1.42. The van der Waals surface area contributed by atoms with Gasteiger partial charge in [-0.1, -0.05) is 30.3 Å². The highest BCUT2D eigenvalue weighted by Gasteiger charge is 2.30. The van der Waals surface area contributed by atoms with Crippen LogP contribution in [0.5, 0.6) is 0 Å². The minimum atomic E-state index is -0.211. The number of H-pyrrole nitrogens is 1. The van der Waals surface area contributed by atoms with Crippen molar-refractivity contribution in [2.75, 3.05) is 19.8 Å². The van der Waals surface area contributed by atoms with Gasteiger partial charge >= 0.3 is 0 Å². The summed E-state index contributed by atoms with van der Waals surface area (Å²) < 4.78 is 17.1. The number of ether oxygens (including phenoxy) is 3. The van der Waals surface area contributed by atoms with E-state index in [-0.39, 0.29) is 18.1 Å². The van der Waals surface area contributed by atoms with Crippen molar-refractivity contribution in [3.63, 3.8) is 0 Å². The van der Waals surface area contributed by atoms with Crippen LogP contribution in [0, 0.1) is 0 Å². The molecule has 0 aliphatic carbocycles. The molecule has 1 fully saturated rings. The number of aromatic nitrogens is 2. The predicted molar refractivity (Wildman–Crippen MR) is 93.7 cm³/mol. The Kier molecular flexibility index (Phi) is 5.29. The fourth-order valence-corrected chi connectivity index (χ4v) is 3.37. The molecule has 3 heterocycles. The maximum absolute atomic E-state index is 12.7. The van der Waals surface area contributed by atoms with Crippen LogP contribution in [0.3, 0.4) is 0 Å². The molecule has 0 saturated carbocycles. The predicted octanol–water partition coefficient (Wildman–Crippen LogP) is 1.59. The van der Waals surface area contributed by atoms with Crippen LogP contribution in [0.2, 0.25) is 0 Å². The van der Waals surface area contributed by atoms with Crippen molar-refractivity contribution in [1.29, 1.82) is 0 Å². The van der Waals surface area contributed by atoms with Gasteiger partial charge in [-0.2, -0.15) is 5.10 Å². The molecule has 0 radical (unpaired) electrons. The number of hydrogen-bond donors (Lipinski definition) is 2. The molecule has 0 spiro atoms. The average molecular weight is 357 g/mol. The molecule has 2 aliphatic heterocycles. The molecule has 1 aromatic carbocycles. The van der Waals surface area contributed by atoms with E-state index >= 15 is 0 Å². The van der Waals surface area contributed by atoms with Crippen LogP contribution in [0.25, 0.3) is 0 Å². The van der Waals surface area contributed by atoms with Gasteiger partial charge in [0.25, 0.3) is 5.91 Å². The van der Waals surface area contributed by atoms with Gasteiger partial charge in [0.05, 0.1) is 38.6 Å². The third-order valence-electron chi connectivity index (χ3n) is 4.83. The highest BCUT2D eigenvalue weighted by atomic mass is 16.5. The zero-order chi connectivity index (χ0) is 17.8. The minimum absolute atomic E-state index is 0.0843. The SMILES string of the molecule is O=C(N[C@@H]1COCC[C@@H]1OCc1ccccc1)c1n[nH]c2c1COCC2. The molecule has 4 rings (SSSR count). The van der Waals surface area contributed by atoms with Gasteiger partial charge in [0.2, 0.25) is 0 Å². The van der Waals surface area contributed by atoms with Gasteiger partial charge in [-0.05, 0) is 12.0 Å². The van der Waals surface area contributed by atoms with E-state index in [0.29, 0.717) is 38.7 Å². The minimum Gasteiger partial charge on any atom is -0.379 e. The first-order valence-electron chi connectivity index (χ1n) is 8.99. The summed E-state index contributed by atoms with van der Waals surface area (Å²) in [6.45, 7) is 2.67. The van der Waals surface area contributed by atoms with Crippen LogP contribution in [0.15, 0.2) is 30.3 Å². The number of hydrogen-bond acceptors (Lipinski definition) is 5. The summed E-state index contributed by atoms with van der Waals surface area (Å²) >= 11 is 0. The lowest BCUT2D eigenvalue weighted by molar-refractivity contribution is -0.0605. The lowest BCUT2D eigenvalue weighted by atomic mass is 10.0. The van der Waals surface area contributed by atoms with E-state index in [9.17, 15) is 4.79 Å². The smallest absolute Gasteiger partial charge is 0.272 e. The van der Waals surface area contributed by atoms with Gasteiger partial charge in [0.15, 0.2) is 5.69 Å². The highest BCUT2D eigenvalue weighted by Crippen LogP contribution is 2.19. The molecule has 7 heteroatoms. The Morgan fingerprint density at radius 3 is 3.04 bits per heavy atom. The topological polar surface area (TPSA) is 85.5 Å². The monoisotopic (exact) mass is 357 g/mol. The summed E-state index contributed by atoms with van der Waals surface area (Å²) in [5, 5.41) is 10.2. The Morgan fingerprint density at radius 2 is 2.15 bits per heavy atom. The quantitative estimate of drug-likeness (QED) is 0.849. The summed E-state index contributed by atoms with van der Waals surface area (Å²) in [4.78, 5) is 12.7. The second-order valence-electron chi connectivity index (χ2n) is 6.61. The van der Waals surface area contributed by atoms with Crippen molar-refractivity contribution in [3.8, 4) is 0 Å². The molecular formula is C19H23N3O4. The first kappa shape index (κ1) is 17.2. The number of carbonyl (C=O) groups excluding carboxylic acids is 1. The van der Waals surface area contributed by atoms with Crippen LogP contribution in [0.1, 0.15) is 33.7 Å². The number of rotatable bonds is 5. The molecule has 2 aliphatic rings. The summed E-state index contributed by atoms with van der Waals surface area (Å²) in [6, 6.07) is 9.83. The molecular weight excluding hydrogens is 334 g/mol. The molecule has 26 heavy (non-hydrogen) atoms. The Balaban J connectivity index is 1.40. The Bertz CT molecular complexity index is 746. The molecule has 0 unspecified atom stereocenters. The maximum atomic E-state index is 12.7. The number of aromatic amines is 1. The zero-order valence-corrected chi connectivity index (χ0v) is 14.6. The number of benzene rings is 1. The molecule has 1 aromatic heterocycles. The lowest BCUT2D eigenvalue weighted by Gasteiger charge is -2.32. The van der Waals surface area contributed by atoms with E-state index < -0.39 is 0 Å². The van der Waals surface area contributed by atoms with Crippen molar-refractivity contribution < 1.29 is 19.0 Å². The number of fused-ring (bicyclic) bond motifs is 1. The first-order valence-corrected chi connectivity index (χ1v) is 8.99. The molecule has 1 amide bonds. The van der Waals surface area contributed by atoms with Crippen LogP contribution in [-0.4, -0.2) is 48.1 Å². The fourth-order valence-electron chi connectivity index (χ4n) is 3.37.